The highest BCUT2D eigenvalue weighted by Crippen LogP contribution is 2.30. The second-order valence-electron chi connectivity index (χ2n) is 6.91. The zero-order valence-corrected chi connectivity index (χ0v) is 18.2. The Bertz CT molecular complexity index is 975. The van der Waals surface area contributed by atoms with Gasteiger partial charge in [0.25, 0.3) is 5.91 Å². The molecule has 3 rings (SSSR count). The van der Waals surface area contributed by atoms with E-state index in [1.807, 2.05) is 50.2 Å². The fourth-order valence-electron chi connectivity index (χ4n) is 3.13. The number of carbonyl (C=O) groups excluding carboxylic acids is 1. The molecule has 6 heteroatoms. The van der Waals surface area contributed by atoms with Gasteiger partial charge in [-0.05, 0) is 67.4 Å². The van der Waals surface area contributed by atoms with Crippen molar-refractivity contribution in [3.8, 4) is 17.2 Å². The van der Waals surface area contributed by atoms with Crippen LogP contribution >= 0.6 is 0 Å². The number of methoxy groups -OCH3 is 1. The standard InChI is InChI=1S/C25H28N2O4/c1-4-27(17-19-6-9-22(29-3)10-7-19)25(28)21-8-11-23(24(16-21)30-5-2)31-18-20-12-14-26-15-13-20/h6-16H,4-5,17-18H2,1-3H3. The molecule has 0 aliphatic heterocycles. The van der Waals surface area contributed by atoms with Crippen molar-refractivity contribution < 1.29 is 19.0 Å². The summed E-state index contributed by atoms with van der Waals surface area (Å²) < 4.78 is 16.9. The van der Waals surface area contributed by atoms with Crippen LogP contribution in [0.2, 0.25) is 0 Å². The van der Waals surface area contributed by atoms with E-state index in [2.05, 4.69) is 4.98 Å². The highest BCUT2D eigenvalue weighted by Gasteiger charge is 2.17. The molecule has 0 spiro atoms. The van der Waals surface area contributed by atoms with Crippen molar-refractivity contribution in [3.05, 3.63) is 83.7 Å². The lowest BCUT2D eigenvalue weighted by Crippen LogP contribution is -2.30. The predicted molar refractivity (Wildman–Crippen MR) is 120 cm³/mol. The molecule has 162 valence electrons. The third-order valence-corrected chi connectivity index (χ3v) is 4.84. The number of benzene rings is 2. The smallest absolute Gasteiger partial charge is 0.254 e. The van der Waals surface area contributed by atoms with Gasteiger partial charge in [0.2, 0.25) is 0 Å². The summed E-state index contributed by atoms with van der Waals surface area (Å²) in [5.41, 5.74) is 2.61. The molecule has 0 fully saturated rings. The zero-order valence-electron chi connectivity index (χ0n) is 18.2. The van der Waals surface area contributed by atoms with Gasteiger partial charge in [-0.1, -0.05) is 12.1 Å². The first kappa shape index (κ1) is 22.2. The van der Waals surface area contributed by atoms with Gasteiger partial charge in [-0.25, -0.2) is 0 Å². The number of aromatic nitrogens is 1. The fraction of sp³-hybridized carbons (Fsp3) is 0.280. The molecule has 1 amide bonds. The number of pyridine rings is 1. The van der Waals surface area contributed by atoms with Crippen LogP contribution in [0, 0.1) is 0 Å². The van der Waals surface area contributed by atoms with Crippen molar-refractivity contribution in [2.75, 3.05) is 20.3 Å². The molecule has 1 heterocycles. The van der Waals surface area contributed by atoms with Crippen LogP contribution in [0.4, 0.5) is 0 Å². The number of carbonyl (C=O) groups is 1. The van der Waals surface area contributed by atoms with Crippen LogP contribution in [-0.2, 0) is 13.2 Å². The van der Waals surface area contributed by atoms with E-state index in [1.54, 1.807) is 42.6 Å². The average molecular weight is 421 g/mol. The summed E-state index contributed by atoms with van der Waals surface area (Å²) in [6.45, 7) is 5.86. The first-order valence-electron chi connectivity index (χ1n) is 10.3. The Hall–Kier alpha value is -3.54. The second-order valence-corrected chi connectivity index (χ2v) is 6.91. The van der Waals surface area contributed by atoms with Crippen LogP contribution in [0.1, 0.15) is 35.3 Å². The van der Waals surface area contributed by atoms with E-state index in [4.69, 9.17) is 14.2 Å². The summed E-state index contributed by atoms with van der Waals surface area (Å²) in [6, 6.07) is 16.9. The minimum atomic E-state index is -0.0556. The van der Waals surface area contributed by atoms with Crippen molar-refractivity contribution >= 4 is 5.91 Å². The lowest BCUT2D eigenvalue weighted by Gasteiger charge is -2.22. The molecule has 3 aromatic rings. The molecule has 0 unspecified atom stereocenters. The molecule has 0 aliphatic carbocycles. The molecular weight excluding hydrogens is 392 g/mol. The third kappa shape index (κ3) is 5.98. The summed E-state index contributed by atoms with van der Waals surface area (Å²) in [4.78, 5) is 19.0. The van der Waals surface area contributed by atoms with Crippen LogP contribution < -0.4 is 14.2 Å². The number of hydrogen-bond acceptors (Lipinski definition) is 5. The summed E-state index contributed by atoms with van der Waals surface area (Å²) in [6.07, 6.45) is 3.46. The fourth-order valence-corrected chi connectivity index (χ4v) is 3.13. The highest BCUT2D eigenvalue weighted by molar-refractivity contribution is 5.95. The van der Waals surface area contributed by atoms with Crippen molar-refractivity contribution in [3.63, 3.8) is 0 Å². The molecular formula is C25H28N2O4. The predicted octanol–water partition coefficient (Wildman–Crippen LogP) is 4.73. The second kappa shape index (κ2) is 11.0. The summed E-state index contributed by atoms with van der Waals surface area (Å²) in [5, 5.41) is 0. The first-order chi connectivity index (χ1) is 15.1. The number of ether oxygens (including phenoxy) is 3. The van der Waals surface area contributed by atoms with Gasteiger partial charge in [-0.2, -0.15) is 0 Å². The van der Waals surface area contributed by atoms with Gasteiger partial charge in [-0.3, -0.25) is 9.78 Å². The molecule has 1 aromatic heterocycles. The lowest BCUT2D eigenvalue weighted by atomic mass is 10.1. The summed E-state index contributed by atoms with van der Waals surface area (Å²) in [7, 11) is 1.64. The van der Waals surface area contributed by atoms with Crippen LogP contribution in [0.15, 0.2) is 67.0 Å². The van der Waals surface area contributed by atoms with E-state index in [0.717, 1.165) is 16.9 Å². The molecule has 0 aliphatic rings. The van der Waals surface area contributed by atoms with E-state index >= 15 is 0 Å². The Kier molecular flexibility index (Phi) is 7.87. The Labute approximate surface area is 183 Å². The van der Waals surface area contributed by atoms with Crippen molar-refractivity contribution in [1.82, 2.24) is 9.88 Å². The SMILES string of the molecule is CCOc1cc(C(=O)N(CC)Cc2ccc(OC)cc2)ccc1OCc1ccncc1. The van der Waals surface area contributed by atoms with Crippen molar-refractivity contribution in [2.45, 2.75) is 27.0 Å². The normalized spacial score (nSPS) is 10.4. The quantitative estimate of drug-likeness (QED) is 0.475. The number of hydrogen-bond donors (Lipinski definition) is 0. The van der Waals surface area contributed by atoms with E-state index < -0.39 is 0 Å². The molecule has 0 atom stereocenters. The number of amides is 1. The van der Waals surface area contributed by atoms with Gasteiger partial charge in [0.05, 0.1) is 13.7 Å². The summed E-state index contributed by atoms with van der Waals surface area (Å²) >= 11 is 0. The highest BCUT2D eigenvalue weighted by atomic mass is 16.5. The molecule has 0 saturated carbocycles. The molecule has 6 nitrogen and oxygen atoms in total. The number of nitrogens with zero attached hydrogens (tertiary/aromatic N) is 2. The number of rotatable bonds is 10. The molecule has 0 radical (unpaired) electrons. The molecule has 31 heavy (non-hydrogen) atoms. The van der Waals surface area contributed by atoms with Crippen LogP contribution in [0.5, 0.6) is 17.2 Å². The van der Waals surface area contributed by atoms with Gasteiger partial charge in [0.15, 0.2) is 11.5 Å². The molecule has 0 saturated heterocycles. The molecule has 0 bridgehead atoms. The minimum Gasteiger partial charge on any atom is -0.497 e. The zero-order chi connectivity index (χ0) is 22.1. The van der Waals surface area contributed by atoms with E-state index in [0.29, 0.717) is 43.4 Å². The Morgan fingerprint density at radius 2 is 1.65 bits per heavy atom. The van der Waals surface area contributed by atoms with E-state index in [-0.39, 0.29) is 5.91 Å². The average Bonchev–Trinajstić information content (AvgIpc) is 2.82. The van der Waals surface area contributed by atoms with Gasteiger partial charge in [0.1, 0.15) is 12.4 Å². The first-order valence-corrected chi connectivity index (χ1v) is 10.3. The topological polar surface area (TPSA) is 60.9 Å². The van der Waals surface area contributed by atoms with Gasteiger partial charge in [0, 0.05) is 31.0 Å². The Balaban J connectivity index is 1.74. The van der Waals surface area contributed by atoms with Gasteiger partial charge < -0.3 is 19.1 Å². The maximum atomic E-state index is 13.1. The lowest BCUT2D eigenvalue weighted by molar-refractivity contribution is 0.0752. The largest absolute Gasteiger partial charge is 0.497 e. The van der Waals surface area contributed by atoms with Crippen LogP contribution in [-0.4, -0.2) is 36.1 Å². The van der Waals surface area contributed by atoms with Crippen LogP contribution in [0.3, 0.4) is 0 Å². The Morgan fingerprint density at radius 1 is 0.903 bits per heavy atom. The minimum absolute atomic E-state index is 0.0556. The third-order valence-electron chi connectivity index (χ3n) is 4.84. The van der Waals surface area contributed by atoms with Crippen LogP contribution in [0.25, 0.3) is 0 Å². The van der Waals surface area contributed by atoms with Crippen molar-refractivity contribution in [1.29, 1.82) is 0 Å². The maximum absolute atomic E-state index is 13.1. The monoisotopic (exact) mass is 420 g/mol. The van der Waals surface area contributed by atoms with Gasteiger partial charge in [-0.15, -0.1) is 0 Å². The molecule has 0 N–H and O–H groups in total. The Morgan fingerprint density at radius 3 is 2.29 bits per heavy atom. The van der Waals surface area contributed by atoms with E-state index in [9.17, 15) is 4.79 Å². The van der Waals surface area contributed by atoms with Crippen molar-refractivity contribution in [2.24, 2.45) is 0 Å². The summed E-state index contributed by atoms with van der Waals surface area (Å²) in [5.74, 6) is 1.90. The maximum Gasteiger partial charge on any atom is 0.254 e. The molecule has 2 aromatic carbocycles. The van der Waals surface area contributed by atoms with E-state index in [1.165, 1.54) is 0 Å². The van der Waals surface area contributed by atoms with Gasteiger partial charge >= 0.3 is 0 Å².